The van der Waals surface area contributed by atoms with Crippen LogP contribution in [-0.2, 0) is 13.0 Å². The summed E-state index contributed by atoms with van der Waals surface area (Å²) in [4.78, 5) is 22.6. The third-order valence-electron chi connectivity index (χ3n) is 5.62. The number of rotatable bonds is 2. The van der Waals surface area contributed by atoms with Crippen LogP contribution in [0.15, 0.2) is 36.4 Å². The zero-order valence-corrected chi connectivity index (χ0v) is 17.5. The molecule has 3 heterocycles. The third kappa shape index (κ3) is 3.31. The molecule has 2 amide bonds. The number of benzene rings is 2. The molecule has 0 radical (unpaired) electrons. The van der Waals surface area contributed by atoms with Crippen LogP contribution in [0.5, 0.6) is 0 Å². The number of urea groups is 1. The molecule has 152 valence electrons. The second-order valence-electron chi connectivity index (χ2n) is 7.67. The van der Waals surface area contributed by atoms with Crippen molar-refractivity contribution < 1.29 is 4.79 Å². The van der Waals surface area contributed by atoms with Gasteiger partial charge >= 0.3 is 6.03 Å². The van der Waals surface area contributed by atoms with Gasteiger partial charge in [-0.3, -0.25) is 5.10 Å². The van der Waals surface area contributed by atoms with E-state index in [9.17, 15) is 4.79 Å². The molecule has 5 rings (SSSR count). The van der Waals surface area contributed by atoms with Crippen LogP contribution in [0.4, 0.5) is 10.5 Å². The Labute approximate surface area is 178 Å². The summed E-state index contributed by atoms with van der Waals surface area (Å²) >= 11 is 6.00. The van der Waals surface area contributed by atoms with E-state index in [2.05, 4.69) is 46.5 Å². The zero-order chi connectivity index (χ0) is 20.8. The maximum atomic E-state index is 12.7. The Morgan fingerprint density at radius 2 is 2.03 bits per heavy atom. The lowest BCUT2D eigenvalue weighted by Crippen LogP contribution is -2.38. The molecule has 0 saturated heterocycles. The molecule has 4 aromatic rings. The van der Waals surface area contributed by atoms with Gasteiger partial charge in [-0.2, -0.15) is 5.10 Å². The van der Waals surface area contributed by atoms with Crippen molar-refractivity contribution in [2.75, 3.05) is 11.9 Å². The lowest BCUT2D eigenvalue weighted by Gasteiger charge is -2.26. The third-order valence-corrected chi connectivity index (χ3v) is 5.86. The Morgan fingerprint density at radius 3 is 2.87 bits per heavy atom. The lowest BCUT2D eigenvalue weighted by atomic mass is 10.0. The van der Waals surface area contributed by atoms with Gasteiger partial charge in [0, 0.05) is 22.8 Å². The Morgan fingerprint density at radius 1 is 1.20 bits per heavy atom. The van der Waals surface area contributed by atoms with Crippen LogP contribution in [0.2, 0.25) is 5.02 Å². The first-order chi connectivity index (χ1) is 14.5. The fourth-order valence-electron chi connectivity index (χ4n) is 3.84. The predicted molar refractivity (Wildman–Crippen MR) is 118 cm³/mol. The van der Waals surface area contributed by atoms with Gasteiger partial charge in [0.15, 0.2) is 5.82 Å². The Balaban J connectivity index is 1.37. The summed E-state index contributed by atoms with van der Waals surface area (Å²) in [5.74, 6) is 0.778. The van der Waals surface area contributed by atoms with Crippen molar-refractivity contribution in [1.82, 2.24) is 25.1 Å². The van der Waals surface area contributed by atoms with E-state index in [4.69, 9.17) is 16.6 Å². The fourth-order valence-corrected chi connectivity index (χ4v) is 4.03. The van der Waals surface area contributed by atoms with Gasteiger partial charge in [0.1, 0.15) is 5.69 Å². The molecular formula is C22H21ClN6O. The minimum absolute atomic E-state index is 0.165. The Hall–Kier alpha value is -3.32. The largest absolute Gasteiger partial charge is 0.337 e. The molecule has 0 atom stereocenters. The highest BCUT2D eigenvalue weighted by Crippen LogP contribution is 2.29. The van der Waals surface area contributed by atoms with E-state index < -0.39 is 0 Å². The molecule has 0 unspecified atom stereocenters. The number of aromatic amines is 2. The molecule has 0 spiro atoms. The highest BCUT2D eigenvalue weighted by molar-refractivity contribution is 6.30. The van der Waals surface area contributed by atoms with Crippen molar-refractivity contribution in [2.45, 2.75) is 26.8 Å². The summed E-state index contributed by atoms with van der Waals surface area (Å²) in [5, 5.41) is 11.1. The van der Waals surface area contributed by atoms with Crippen LogP contribution in [0.3, 0.4) is 0 Å². The highest BCUT2D eigenvalue weighted by Gasteiger charge is 2.26. The van der Waals surface area contributed by atoms with Crippen LogP contribution >= 0.6 is 11.6 Å². The van der Waals surface area contributed by atoms with Crippen LogP contribution in [0.1, 0.15) is 22.4 Å². The summed E-state index contributed by atoms with van der Waals surface area (Å²) in [5.41, 5.74) is 7.93. The fraction of sp³-hybridized carbons (Fsp3) is 0.227. The number of aryl methyl sites for hydroxylation is 2. The zero-order valence-electron chi connectivity index (χ0n) is 16.7. The van der Waals surface area contributed by atoms with Crippen LogP contribution in [0.25, 0.3) is 22.6 Å². The molecule has 8 heteroatoms. The molecule has 2 aromatic heterocycles. The van der Waals surface area contributed by atoms with Crippen molar-refractivity contribution >= 4 is 34.4 Å². The van der Waals surface area contributed by atoms with Crippen LogP contribution < -0.4 is 5.32 Å². The van der Waals surface area contributed by atoms with Crippen molar-refractivity contribution in [1.29, 1.82) is 0 Å². The number of anilines is 1. The predicted octanol–water partition coefficient (Wildman–Crippen LogP) is 4.81. The number of hydrogen-bond donors (Lipinski definition) is 3. The number of fused-ring (bicyclic) bond motifs is 2. The van der Waals surface area contributed by atoms with E-state index in [0.29, 0.717) is 30.2 Å². The summed E-state index contributed by atoms with van der Waals surface area (Å²) < 4.78 is 0. The SMILES string of the molecule is Cc1cc2nc(-c3[nH]nc4c3CCN(C(=O)Nc3cccc(Cl)c3)C4)[nH]c2cc1C. The minimum Gasteiger partial charge on any atom is -0.337 e. The van der Waals surface area contributed by atoms with Gasteiger partial charge < -0.3 is 15.2 Å². The summed E-state index contributed by atoms with van der Waals surface area (Å²) in [6, 6.07) is 11.2. The van der Waals surface area contributed by atoms with E-state index in [1.54, 1.807) is 17.0 Å². The van der Waals surface area contributed by atoms with Crippen molar-refractivity contribution in [3.63, 3.8) is 0 Å². The molecule has 1 aliphatic heterocycles. The number of aromatic nitrogens is 4. The number of carbonyl (C=O) groups is 1. The van der Waals surface area contributed by atoms with E-state index >= 15 is 0 Å². The number of carbonyl (C=O) groups excluding carboxylic acids is 1. The molecule has 2 aromatic carbocycles. The average molecular weight is 421 g/mol. The maximum absolute atomic E-state index is 12.7. The monoisotopic (exact) mass is 420 g/mol. The van der Waals surface area contributed by atoms with Gasteiger partial charge in [0.05, 0.1) is 23.3 Å². The Kier molecular flexibility index (Phi) is 4.47. The van der Waals surface area contributed by atoms with Gasteiger partial charge in [0.2, 0.25) is 0 Å². The topological polar surface area (TPSA) is 89.7 Å². The molecule has 0 saturated carbocycles. The Bertz CT molecular complexity index is 1240. The normalized spacial score (nSPS) is 13.5. The van der Waals surface area contributed by atoms with Crippen LogP contribution in [-0.4, -0.2) is 37.6 Å². The van der Waals surface area contributed by atoms with Crippen molar-refractivity contribution in [3.8, 4) is 11.5 Å². The quantitative estimate of drug-likeness (QED) is 0.434. The number of halogens is 1. The molecule has 0 bridgehead atoms. The van der Waals surface area contributed by atoms with Gasteiger partial charge in [-0.15, -0.1) is 0 Å². The molecular weight excluding hydrogens is 400 g/mol. The van der Waals surface area contributed by atoms with E-state index in [1.807, 2.05) is 12.1 Å². The first-order valence-electron chi connectivity index (χ1n) is 9.83. The van der Waals surface area contributed by atoms with E-state index in [-0.39, 0.29) is 6.03 Å². The summed E-state index contributed by atoms with van der Waals surface area (Å²) in [7, 11) is 0. The molecule has 0 aliphatic carbocycles. The van der Waals surface area contributed by atoms with Crippen molar-refractivity contribution in [2.24, 2.45) is 0 Å². The number of amides is 2. The van der Waals surface area contributed by atoms with Gasteiger partial charge in [-0.25, -0.2) is 9.78 Å². The number of nitrogens with zero attached hydrogens (tertiary/aromatic N) is 3. The molecule has 30 heavy (non-hydrogen) atoms. The highest BCUT2D eigenvalue weighted by atomic mass is 35.5. The lowest BCUT2D eigenvalue weighted by molar-refractivity contribution is 0.205. The second-order valence-corrected chi connectivity index (χ2v) is 8.11. The smallest absolute Gasteiger partial charge is 0.322 e. The summed E-state index contributed by atoms with van der Waals surface area (Å²) in [6.45, 7) is 5.22. The molecule has 7 nitrogen and oxygen atoms in total. The minimum atomic E-state index is -0.165. The van der Waals surface area contributed by atoms with E-state index in [0.717, 1.165) is 33.8 Å². The molecule has 0 fully saturated rings. The number of nitrogens with one attached hydrogen (secondary N) is 3. The number of hydrogen-bond acceptors (Lipinski definition) is 3. The standard InChI is InChI=1S/C22H21ClN6O/c1-12-8-17-18(9-13(12)2)26-21(25-17)20-16-6-7-29(11-19(16)27-28-20)22(30)24-15-5-3-4-14(23)10-15/h3-5,8-10H,6-7,11H2,1-2H3,(H,24,30)(H,25,26)(H,27,28). The first-order valence-corrected chi connectivity index (χ1v) is 10.2. The second kappa shape index (κ2) is 7.18. The average Bonchev–Trinajstić information content (AvgIpc) is 3.31. The van der Waals surface area contributed by atoms with E-state index in [1.165, 1.54) is 11.1 Å². The number of imidazole rings is 1. The molecule has 1 aliphatic rings. The molecule has 3 N–H and O–H groups in total. The van der Waals surface area contributed by atoms with Crippen molar-refractivity contribution in [3.05, 3.63) is 63.8 Å². The van der Waals surface area contributed by atoms with Crippen LogP contribution in [0, 0.1) is 13.8 Å². The summed E-state index contributed by atoms with van der Waals surface area (Å²) in [6.07, 6.45) is 0.708. The van der Waals surface area contributed by atoms with Gasteiger partial charge in [-0.1, -0.05) is 17.7 Å². The number of H-pyrrole nitrogens is 2. The van der Waals surface area contributed by atoms with Gasteiger partial charge in [-0.05, 0) is 61.7 Å². The first kappa shape index (κ1) is 18.7. The van der Waals surface area contributed by atoms with Gasteiger partial charge in [0.25, 0.3) is 0 Å². The maximum Gasteiger partial charge on any atom is 0.322 e.